The second-order valence-corrected chi connectivity index (χ2v) is 5.49. The number of rotatable bonds is 10. The summed E-state index contributed by atoms with van der Waals surface area (Å²) in [6, 6.07) is 8.65. The molecule has 0 saturated carbocycles. The van der Waals surface area contributed by atoms with Gasteiger partial charge in [-0.1, -0.05) is 45.4 Å². The molecular formula is C17H30N2. The first-order chi connectivity index (χ1) is 9.24. The minimum atomic E-state index is 1.09. The van der Waals surface area contributed by atoms with Crippen LogP contribution in [0.25, 0.3) is 0 Å². The van der Waals surface area contributed by atoms with Gasteiger partial charge in [-0.25, -0.2) is 0 Å². The molecule has 0 amide bonds. The van der Waals surface area contributed by atoms with Crippen LogP contribution in [-0.2, 0) is 0 Å². The second kappa shape index (κ2) is 9.71. The Bertz CT molecular complexity index is 317. The predicted molar refractivity (Wildman–Crippen MR) is 87.3 cm³/mol. The van der Waals surface area contributed by atoms with E-state index in [1.54, 1.807) is 0 Å². The minimum absolute atomic E-state index is 1.09. The maximum Gasteiger partial charge on any atom is 0.0362 e. The van der Waals surface area contributed by atoms with Gasteiger partial charge in [0.05, 0.1) is 0 Å². The zero-order chi connectivity index (χ0) is 13.9. The molecule has 0 unspecified atom stereocenters. The molecule has 0 bridgehead atoms. The predicted octanol–water partition coefficient (Wildman–Crippen LogP) is 4.92. The van der Waals surface area contributed by atoms with Crippen molar-refractivity contribution in [3.8, 4) is 0 Å². The van der Waals surface area contributed by atoms with Gasteiger partial charge in [-0.2, -0.15) is 0 Å². The van der Waals surface area contributed by atoms with Crippen molar-refractivity contribution < 1.29 is 0 Å². The molecule has 2 heteroatoms. The average Bonchev–Trinajstić information content (AvgIpc) is 2.42. The van der Waals surface area contributed by atoms with Crippen LogP contribution in [0.5, 0.6) is 0 Å². The first-order valence-electron chi connectivity index (χ1n) is 7.75. The summed E-state index contributed by atoms with van der Waals surface area (Å²) in [6.45, 7) is 3.36. The van der Waals surface area contributed by atoms with Crippen molar-refractivity contribution in [2.24, 2.45) is 0 Å². The summed E-state index contributed by atoms with van der Waals surface area (Å²) >= 11 is 0. The number of anilines is 2. The highest BCUT2D eigenvalue weighted by atomic mass is 15.1. The van der Waals surface area contributed by atoms with E-state index in [1.807, 2.05) is 0 Å². The van der Waals surface area contributed by atoms with Gasteiger partial charge >= 0.3 is 0 Å². The van der Waals surface area contributed by atoms with Crippen LogP contribution in [0.15, 0.2) is 24.3 Å². The first kappa shape index (κ1) is 15.9. The largest absolute Gasteiger partial charge is 0.385 e. The number of unbranched alkanes of at least 4 members (excludes halogenated alkanes) is 6. The van der Waals surface area contributed by atoms with E-state index in [9.17, 15) is 0 Å². The van der Waals surface area contributed by atoms with Crippen molar-refractivity contribution in [1.82, 2.24) is 0 Å². The lowest BCUT2D eigenvalue weighted by Gasteiger charge is -2.13. The Balaban J connectivity index is 2.06. The van der Waals surface area contributed by atoms with Crippen LogP contribution in [0, 0.1) is 0 Å². The molecule has 1 aromatic carbocycles. The molecule has 0 saturated heterocycles. The summed E-state index contributed by atoms with van der Waals surface area (Å²) in [5.41, 5.74) is 2.48. The molecule has 1 aromatic rings. The summed E-state index contributed by atoms with van der Waals surface area (Å²) in [5.74, 6) is 0. The average molecular weight is 262 g/mol. The number of hydrogen-bond acceptors (Lipinski definition) is 2. The fourth-order valence-electron chi connectivity index (χ4n) is 2.19. The van der Waals surface area contributed by atoms with Crippen LogP contribution in [-0.4, -0.2) is 20.6 Å². The second-order valence-electron chi connectivity index (χ2n) is 5.49. The third-order valence-electron chi connectivity index (χ3n) is 3.49. The normalized spacial score (nSPS) is 10.5. The van der Waals surface area contributed by atoms with Gasteiger partial charge in [0.1, 0.15) is 0 Å². The van der Waals surface area contributed by atoms with Crippen LogP contribution in [0.3, 0.4) is 0 Å². The van der Waals surface area contributed by atoms with E-state index in [0.29, 0.717) is 0 Å². The third kappa shape index (κ3) is 7.09. The molecule has 0 heterocycles. The van der Waals surface area contributed by atoms with E-state index in [1.165, 1.54) is 56.3 Å². The molecule has 108 valence electrons. The van der Waals surface area contributed by atoms with E-state index >= 15 is 0 Å². The van der Waals surface area contributed by atoms with Gasteiger partial charge < -0.3 is 10.2 Å². The maximum absolute atomic E-state index is 3.49. The SMILES string of the molecule is CCCCCCCCCNc1ccc(N(C)C)cc1. The van der Waals surface area contributed by atoms with Gasteiger partial charge in [0.2, 0.25) is 0 Å². The molecule has 0 fully saturated rings. The van der Waals surface area contributed by atoms with E-state index in [2.05, 4.69) is 55.5 Å². The summed E-state index contributed by atoms with van der Waals surface area (Å²) in [7, 11) is 4.14. The van der Waals surface area contributed by atoms with Crippen molar-refractivity contribution in [3.63, 3.8) is 0 Å². The monoisotopic (exact) mass is 262 g/mol. The molecule has 0 atom stereocenters. The van der Waals surface area contributed by atoms with Gasteiger partial charge in [-0.15, -0.1) is 0 Å². The van der Waals surface area contributed by atoms with Gasteiger partial charge in [-0.3, -0.25) is 0 Å². The van der Waals surface area contributed by atoms with Crippen LogP contribution in [0.1, 0.15) is 51.9 Å². The van der Waals surface area contributed by atoms with Crippen LogP contribution >= 0.6 is 0 Å². The molecule has 2 nitrogen and oxygen atoms in total. The van der Waals surface area contributed by atoms with E-state index in [-0.39, 0.29) is 0 Å². The fraction of sp³-hybridized carbons (Fsp3) is 0.647. The Hall–Kier alpha value is -1.18. The van der Waals surface area contributed by atoms with Crippen LogP contribution in [0.4, 0.5) is 11.4 Å². The standard InChI is InChI=1S/C17H30N2/c1-4-5-6-7-8-9-10-15-18-16-11-13-17(14-12-16)19(2)3/h11-14,18H,4-10,15H2,1-3H3. The Morgan fingerprint density at radius 1 is 0.842 bits per heavy atom. The lowest BCUT2D eigenvalue weighted by molar-refractivity contribution is 0.596. The Kier molecular flexibility index (Phi) is 8.11. The summed E-state index contributed by atoms with van der Waals surface area (Å²) in [5, 5.41) is 3.49. The molecule has 0 aliphatic carbocycles. The molecule has 1 rings (SSSR count). The van der Waals surface area contributed by atoms with E-state index in [0.717, 1.165) is 6.54 Å². The molecular weight excluding hydrogens is 232 g/mol. The zero-order valence-electron chi connectivity index (χ0n) is 12.9. The first-order valence-corrected chi connectivity index (χ1v) is 7.75. The number of hydrogen-bond donors (Lipinski definition) is 1. The van der Waals surface area contributed by atoms with Gasteiger partial charge in [0.15, 0.2) is 0 Å². The highest BCUT2D eigenvalue weighted by Crippen LogP contribution is 2.15. The van der Waals surface area contributed by atoms with Crippen LogP contribution in [0.2, 0.25) is 0 Å². The third-order valence-corrected chi connectivity index (χ3v) is 3.49. The van der Waals surface area contributed by atoms with Crippen LogP contribution < -0.4 is 10.2 Å². The van der Waals surface area contributed by atoms with Crippen molar-refractivity contribution in [1.29, 1.82) is 0 Å². The molecule has 0 aromatic heterocycles. The maximum atomic E-state index is 3.49. The van der Waals surface area contributed by atoms with Crippen molar-refractivity contribution in [3.05, 3.63) is 24.3 Å². The zero-order valence-corrected chi connectivity index (χ0v) is 12.9. The number of nitrogens with one attached hydrogen (secondary N) is 1. The topological polar surface area (TPSA) is 15.3 Å². The van der Waals surface area contributed by atoms with E-state index < -0.39 is 0 Å². The summed E-state index contributed by atoms with van der Waals surface area (Å²) in [4.78, 5) is 2.13. The quantitative estimate of drug-likeness (QED) is 0.602. The lowest BCUT2D eigenvalue weighted by atomic mass is 10.1. The van der Waals surface area contributed by atoms with Crippen molar-refractivity contribution >= 4 is 11.4 Å². The number of nitrogens with zero attached hydrogens (tertiary/aromatic N) is 1. The van der Waals surface area contributed by atoms with E-state index in [4.69, 9.17) is 0 Å². The van der Waals surface area contributed by atoms with Gasteiger partial charge in [-0.05, 0) is 30.7 Å². The highest BCUT2D eigenvalue weighted by molar-refractivity contribution is 5.54. The molecule has 0 spiro atoms. The molecule has 19 heavy (non-hydrogen) atoms. The highest BCUT2D eigenvalue weighted by Gasteiger charge is 1.96. The molecule has 0 radical (unpaired) electrons. The molecule has 0 aliphatic heterocycles. The van der Waals surface area contributed by atoms with Gasteiger partial charge in [0, 0.05) is 32.0 Å². The van der Waals surface area contributed by atoms with Crippen molar-refractivity contribution in [2.75, 3.05) is 30.9 Å². The Labute approximate surface area is 119 Å². The smallest absolute Gasteiger partial charge is 0.0362 e. The summed E-state index contributed by atoms with van der Waals surface area (Å²) in [6.07, 6.45) is 9.58. The minimum Gasteiger partial charge on any atom is -0.385 e. The molecule has 1 N–H and O–H groups in total. The molecule has 0 aliphatic rings. The number of benzene rings is 1. The van der Waals surface area contributed by atoms with Gasteiger partial charge in [0.25, 0.3) is 0 Å². The summed E-state index contributed by atoms with van der Waals surface area (Å²) < 4.78 is 0. The van der Waals surface area contributed by atoms with Crippen molar-refractivity contribution in [2.45, 2.75) is 51.9 Å². The Morgan fingerprint density at radius 2 is 1.42 bits per heavy atom. The lowest BCUT2D eigenvalue weighted by Crippen LogP contribution is -2.08. The fourth-order valence-corrected chi connectivity index (χ4v) is 2.19. The Morgan fingerprint density at radius 3 is 2.00 bits per heavy atom.